The van der Waals surface area contributed by atoms with Gasteiger partial charge in [0.1, 0.15) is 13.5 Å². The molecule has 0 amide bonds. The average Bonchev–Trinajstić information content (AvgIpc) is 2.32. The van der Waals surface area contributed by atoms with Gasteiger partial charge in [-0.15, -0.1) is 0 Å². The maximum absolute atomic E-state index is 5.50. The first-order chi connectivity index (χ1) is 5.27. The second-order valence-electron chi connectivity index (χ2n) is 2.60. The number of hydrogen-bond acceptors (Lipinski definition) is 1. The van der Waals surface area contributed by atoms with Gasteiger partial charge in [-0.25, -0.2) is 4.98 Å². The minimum absolute atomic E-state index is 0.555. The number of aromatic nitrogens is 2. The summed E-state index contributed by atoms with van der Waals surface area (Å²) < 4.78 is 0. The predicted molar refractivity (Wildman–Crippen MR) is 46.2 cm³/mol. The highest BCUT2D eigenvalue weighted by atomic mass is 14.8. The van der Waals surface area contributed by atoms with Crippen LogP contribution >= 0.6 is 0 Å². The molecule has 0 unspecified atom stereocenters. The SMILES string of the molecule is [B]c1ccc2c(C)c[nH]c2n1. The largest absolute Gasteiger partial charge is 0.346 e. The molecule has 1 N–H and O–H groups in total. The van der Waals surface area contributed by atoms with Crippen LogP contribution in [0, 0.1) is 6.92 Å². The smallest absolute Gasteiger partial charge is 0.141 e. The van der Waals surface area contributed by atoms with E-state index in [9.17, 15) is 0 Å². The topological polar surface area (TPSA) is 28.7 Å². The van der Waals surface area contributed by atoms with Gasteiger partial charge in [0.2, 0.25) is 0 Å². The van der Waals surface area contributed by atoms with Crippen molar-refractivity contribution < 1.29 is 0 Å². The van der Waals surface area contributed by atoms with Crippen LogP contribution in [0.4, 0.5) is 0 Å². The molecule has 0 saturated heterocycles. The molecule has 2 aromatic heterocycles. The third kappa shape index (κ3) is 0.927. The average molecular weight is 142 g/mol. The molecule has 0 spiro atoms. The van der Waals surface area contributed by atoms with Gasteiger partial charge in [-0.2, -0.15) is 0 Å². The fourth-order valence-electron chi connectivity index (χ4n) is 1.16. The van der Waals surface area contributed by atoms with Crippen molar-refractivity contribution in [2.75, 3.05) is 0 Å². The van der Waals surface area contributed by atoms with Crippen LogP contribution in [0.15, 0.2) is 18.3 Å². The van der Waals surface area contributed by atoms with Crippen molar-refractivity contribution in [3.8, 4) is 0 Å². The number of fused-ring (bicyclic) bond motifs is 1. The Bertz CT molecular complexity index is 392. The maximum Gasteiger partial charge on any atom is 0.141 e. The Labute approximate surface area is 66.1 Å². The fourth-order valence-corrected chi connectivity index (χ4v) is 1.16. The van der Waals surface area contributed by atoms with Gasteiger partial charge in [0, 0.05) is 11.6 Å². The standard InChI is InChI=1S/C8H7BN2/c1-5-4-10-8-6(5)2-3-7(9)11-8/h2-4H,1H3,(H,10,11). The van der Waals surface area contributed by atoms with Crippen molar-refractivity contribution in [1.29, 1.82) is 0 Å². The maximum atomic E-state index is 5.50. The zero-order valence-corrected chi connectivity index (χ0v) is 6.26. The zero-order chi connectivity index (χ0) is 7.84. The molecule has 2 aromatic rings. The molecule has 0 aliphatic heterocycles. The molecule has 0 aliphatic carbocycles. The molecule has 0 aromatic carbocycles. The summed E-state index contributed by atoms with van der Waals surface area (Å²) >= 11 is 0. The number of H-pyrrole nitrogens is 1. The van der Waals surface area contributed by atoms with Crippen molar-refractivity contribution in [3.63, 3.8) is 0 Å². The van der Waals surface area contributed by atoms with Gasteiger partial charge >= 0.3 is 0 Å². The highest BCUT2D eigenvalue weighted by molar-refractivity contribution is 6.31. The van der Waals surface area contributed by atoms with E-state index in [4.69, 9.17) is 7.85 Å². The fraction of sp³-hybridized carbons (Fsp3) is 0.125. The minimum atomic E-state index is 0.555. The van der Waals surface area contributed by atoms with Crippen LogP contribution in [0.25, 0.3) is 11.0 Å². The van der Waals surface area contributed by atoms with E-state index in [0.29, 0.717) is 5.59 Å². The summed E-state index contributed by atoms with van der Waals surface area (Å²) in [7, 11) is 5.50. The molecule has 2 radical (unpaired) electrons. The molecule has 0 bridgehead atoms. The Balaban J connectivity index is 2.86. The summed E-state index contributed by atoms with van der Waals surface area (Å²) in [6.07, 6.45) is 1.93. The highest BCUT2D eigenvalue weighted by Crippen LogP contribution is 2.12. The number of aryl methyl sites for hydroxylation is 1. The van der Waals surface area contributed by atoms with Crippen LogP contribution in [0.1, 0.15) is 5.56 Å². The van der Waals surface area contributed by atoms with Crippen LogP contribution in [0.5, 0.6) is 0 Å². The van der Waals surface area contributed by atoms with E-state index in [-0.39, 0.29) is 0 Å². The van der Waals surface area contributed by atoms with E-state index in [2.05, 4.69) is 9.97 Å². The van der Waals surface area contributed by atoms with Crippen molar-refractivity contribution in [2.45, 2.75) is 6.92 Å². The van der Waals surface area contributed by atoms with E-state index in [1.54, 1.807) is 0 Å². The number of rotatable bonds is 0. The summed E-state index contributed by atoms with van der Waals surface area (Å²) in [6.45, 7) is 2.04. The first-order valence-electron chi connectivity index (χ1n) is 3.47. The first-order valence-corrected chi connectivity index (χ1v) is 3.47. The Kier molecular flexibility index (Phi) is 1.25. The Hall–Kier alpha value is -1.25. The van der Waals surface area contributed by atoms with E-state index in [0.717, 1.165) is 11.0 Å². The van der Waals surface area contributed by atoms with Gasteiger partial charge in [-0.1, -0.05) is 12.1 Å². The van der Waals surface area contributed by atoms with E-state index in [1.807, 2.05) is 25.3 Å². The molecule has 0 aliphatic rings. The van der Waals surface area contributed by atoms with Crippen molar-refractivity contribution in [3.05, 3.63) is 23.9 Å². The monoisotopic (exact) mass is 142 g/mol. The number of nitrogens with one attached hydrogen (secondary N) is 1. The third-order valence-electron chi connectivity index (χ3n) is 1.77. The molecular weight excluding hydrogens is 135 g/mol. The van der Waals surface area contributed by atoms with Gasteiger partial charge in [0.15, 0.2) is 0 Å². The van der Waals surface area contributed by atoms with Crippen molar-refractivity contribution in [2.24, 2.45) is 0 Å². The van der Waals surface area contributed by atoms with E-state index < -0.39 is 0 Å². The molecule has 2 heterocycles. The highest BCUT2D eigenvalue weighted by Gasteiger charge is 1.98. The van der Waals surface area contributed by atoms with Crippen LogP contribution in [-0.4, -0.2) is 17.8 Å². The molecule has 11 heavy (non-hydrogen) atoms. The van der Waals surface area contributed by atoms with E-state index in [1.165, 1.54) is 5.56 Å². The van der Waals surface area contributed by atoms with Gasteiger partial charge in [0.05, 0.1) is 0 Å². The Morgan fingerprint density at radius 3 is 3.09 bits per heavy atom. The number of nitrogens with zero attached hydrogens (tertiary/aromatic N) is 1. The van der Waals surface area contributed by atoms with Gasteiger partial charge in [-0.3, -0.25) is 0 Å². The van der Waals surface area contributed by atoms with Gasteiger partial charge in [-0.05, 0) is 18.1 Å². The molecule has 2 rings (SSSR count). The van der Waals surface area contributed by atoms with Crippen LogP contribution < -0.4 is 5.59 Å². The summed E-state index contributed by atoms with van der Waals surface area (Å²) in [5, 5.41) is 1.14. The lowest BCUT2D eigenvalue weighted by atomic mass is 10.0. The molecule has 0 atom stereocenters. The van der Waals surface area contributed by atoms with Crippen molar-refractivity contribution >= 4 is 24.5 Å². The number of pyridine rings is 1. The predicted octanol–water partition coefficient (Wildman–Crippen LogP) is 0.665. The normalized spacial score (nSPS) is 10.6. The third-order valence-corrected chi connectivity index (χ3v) is 1.77. The second-order valence-corrected chi connectivity index (χ2v) is 2.60. The molecule has 0 fully saturated rings. The molecule has 2 nitrogen and oxygen atoms in total. The van der Waals surface area contributed by atoms with Gasteiger partial charge in [0.25, 0.3) is 0 Å². The minimum Gasteiger partial charge on any atom is -0.346 e. The van der Waals surface area contributed by atoms with Crippen LogP contribution in [0.3, 0.4) is 0 Å². The van der Waals surface area contributed by atoms with E-state index >= 15 is 0 Å². The molecule has 3 heteroatoms. The molecule has 0 saturated carbocycles. The lowest BCUT2D eigenvalue weighted by Gasteiger charge is -1.92. The van der Waals surface area contributed by atoms with Gasteiger partial charge < -0.3 is 4.98 Å². The first kappa shape index (κ1) is 6.46. The molecular formula is C8H7BN2. The summed E-state index contributed by atoms with van der Waals surface area (Å²) in [6, 6.07) is 3.78. The Morgan fingerprint density at radius 2 is 2.27 bits per heavy atom. The second kappa shape index (κ2) is 2.12. The van der Waals surface area contributed by atoms with Crippen LogP contribution in [0.2, 0.25) is 0 Å². The molecule has 52 valence electrons. The summed E-state index contributed by atoms with van der Waals surface area (Å²) in [5.74, 6) is 0. The lowest BCUT2D eigenvalue weighted by Crippen LogP contribution is -2.06. The quantitative estimate of drug-likeness (QED) is 0.538. The van der Waals surface area contributed by atoms with Crippen LogP contribution in [-0.2, 0) is 0 Å². The zero-order valence-electron chi connectivity index (χ0n) is 6.26. The number of hydrogen-bond donors (Lipinski definition) is 1. The summed E-state index contributed by atoms with van der Waals surface area (Å²) in [5.41, 5.74) is 2.62. The lowest BCUT2D eigenvalue weighted by molar-refractivity contribution is 1.35. The number of aromatic amines is 1. The Morgan fingerprint density at radius 1 is 1.45 bits per heavy atom. The summed E-state index contributed by atoms with van der Waals surface area (Å²) in [4.78, 5) is 7.16. The van der Waals surface area contributed by atoms with Crippen molar-refractivity contribution in [1.82, 2.24) is 9.97 Å².